The van der Waals surface area contributed by atoms with E-state index >= 15 is 0 Å². The minimum absolute atomic E-state index is 0.0747. The lowest BCUT2D eigenvalue weighted by atomic mass is 10.3. The quantitative estimate of drug-likeness (QED) is 0.803. The Kier molecular flexibility index (Phi) is 4.89. The van der Waals surface area contributed by atoms with Gasteiger partial charge in [-0.05, 0) is 30.3 Å². The topological polar surface area (TPSA) is 84.2 Å². The highest BCUT2D eigenvalue weighted by atomic mass is 32.2. The van der Waals surface area contributed by atoms with Gasteiger partial charge in [0.2, 0.25) is 5.09 Å². The van der Waals surface area contributed by atoms with Crippen molar-refractivity contribution in [2.75, 3.05) is 6.54 Å². The molecule has 0 atom stereocenters. The molecule has 0 radical (unpaired) electrons. The fourth-order valence-electron chi connectivity index (χ4n) is 1.60. The van der Waals surface area contributed by atoms with E-state index in [1.165, 1.54) is 6.07 Å². The van der Waals surface area contributed by atoms with Gasteiger partial charge in [-0.15, -0.1) is 0 Å². The summed E-state index contributed by atoms with van der Waals surface area (Å²) in [5.41, 5.74) is 0.788. The number of aromatic nitrogens is 1. The lowest BCUT2D eigenvalue weighted by molar-refractivity contribution is 0.401. The molecule has 2 N–H and O–H groups in total. The molecule has 2 rings (SSSR count). The smallest absolute Gasteiger partial charge is 0.274 e. The van der Waals surface area contributed by atoms with Crippen LogP contribution < -0.4 is 10.0 Å². The lowest BCUT2D eigenvalue weighted by Crippen LogP contribution is -2.22. The van der Waals surface area contributed by atoms with Crippen LogP contribution in [0.15, 0.2) is 46.2 Å². The van der Waals surface area contributed by atoms with Crippen molar-refractivity contribution in [3.63, 3.8) is 0 Å². The van der Waals surface area contributed by atoms with Crippen molar-refractivity contribution < 1.29 is 12.8 Å². The Hall–Kier alpha value is -1.70. The van der Waals surface area contributed by atoms with Gasteiger partial charge in [-0.3, -0.25) is 4.98 Å². The van der Waals surface area contributed by atoms with E-state index < -0.39 is 10.0 Å². The molecule has 6 nitrogen and oxygen atoms in total. The molecule has 20 heavy (non-hydrogen) atoms. The van der Waals surface area contributed by atoms with E-state index in [1.807, 2.05) is 6.92 Å². The van der Waals surface area contributed by atoms with Crippen LogP contribution in [-0.4, -0.2) is 19.9 Å². The minimum atomic E-state index is -3.63. The van der Waals surface area contributed by atoms with Gasteiger partial charge in [-0.25, -0.2) is 13.1 Å². The zero-order valence-corrected chi connectivity index (χ0v) is 12.0. The van der Waals surface area contributed by atoms with Crippen molar-refractivity contribution in [3.05, 3.63) is 48.0 Å². The van der Waals surface area contributed by atoms with E-state index in [0.717, 1.165) is 12.1 Å². The van der Waals surface area contributed by atoms with Gasteiger partial charge < -0.3 is 9.73 Å². The first kappa shape index (κ1) is 14.7. The molecule has 7 heteroatoms. The second-order valence-corrected chi connectivity index (χ2v) is 5.88. The van der Waals surface area contributed by atoms with Crippen molar-refractivity contribution in [2.45, 2.75) is 25.1 Å². The molecule has 0 aliphatic rings. The van der Waals surface area contributed by atoms with Crippen molar-refractivity contribution >= 4 is 10.0 Å². The van der Waals surface area contributed by atoms with Crippen LogP contribution in [0.2, 0.25) is 0 Å². The highest BCUT2D eigenvalue weighted by Crippen LogP contribution is 2.14. The molecule has 0 fully saturated rings. The Morgan fingerprint density at radius 1 is 1.25 bits per heavy atom. The van der Waals surface area contributed by atoms with Gasteiger partial charge in [0, 0.05) is 18.9 Å². The van der Waals surface area contributed by atoms with Crippen LogP contribution >= 0.6 is 0 Å². The molecule has 0 unspecified atom stereocenters. The van der Waals surface area contributed by atoms with E-state index in [-0.39, 0.29) is 11.6 Å². The molecular formula is C13H17N3O3S. The summed E-state index contributed by atoms with van der Waals surface area (Å²) in [5.74, 6) is 0.591. The van der Waals surface area contributed by atoms with Crippen LogP contribution in [0.4, 0.5) is 0 Å². The summed E-state index contributed by atoms with van der Waals surface area (Å²) >= 11 is 0. The van der Waals surface area contributed by atoms with Crippen molar-refractivity contribution in [1.29, 1.82) is 0 Å². The second kappa shape index (κ2) is 6.65. The molecule has 0 aromatic carbocycles. The fraction of sp³-hybridized carbons (Fsp3) is 0.308. The summed E-state index contributed by atoms with van der Waals surface area (Å²) in [6, 6.07) is 6.67. The highest BCUT2D eigenvalue weighted by molar-refractivity contribution is 7.89. The summed E-state index contributed by atoms with van der Waals surface area (Å²) in [4.78, 5) is 3.93. The third-order valence-corrected chi connectivity index (χ3v) is 3.91. The molecule has 0 aliphatic carbocycles. The molecule has 0 aliphatic heterocycles. The molecule has 0 amide bonds. The zero-order chi connectivity index (χ0) is 14.4. The standard InChI is InChI=1S/C13H17N3O3S/c1-2-14-10-12-5-6-13(19-12)20(17,18)16-9-11-4-3-7-15-8-11/h3-8,14,16H,2,9-10H2,1H3. The number of hydrogen-bond acceptors (Lipinski definition) is 5. The van der Waals surface area contributed by atoms with E-state index in [9.17, 15) is 8.42 Å². The van der Waals surface area contributed by atoms with E-state index in [0.29, 0.717) is 12.3 Å². The summed E-state index contributed by atoms with van der Waals surface area (Å²) in [6.45, 7) is 3.45. The SMILES string of the molecule is CCNCc1ccc(S(=O)(=O)NCc2cccnc2)o1. The maximum absolute atomic E-state index is 12.0. The van der Waals surface area contributed by atoms with Crippen LogP contribution in [0, 0.1) is 0 Å². The largest absolute Gasteiger partial charge is 0.447 e. The van der Waals surface area contributed by atoms with Crippen LogP contribution in [0.1, 0.15) is 18.2 Å². The summed E-state index contributed by atoms with van der Waals surface area (Å²) in [5, 5.41) is 3.00. The summed E-state index contributed by atoms with van der Waals surface area (Å²) < 4.78 is 31.9. The average molecular weight is 295 g/mol. The van der Waals surface area contributed by atoms with Crippen LogP contribution in [0.25, 0.3) is 0 Å². The van der Waals surface area contributed by atoms with Gasteiger partial charge in [0.15, 0.2) is 0 Å². The normalized spacial score (nSPS) is 11.7. The second-order valence-electron chi connectivity index (χ2n) is 4.19. The van der Waals surface area contributed by atoms with Crippen LogP contribution in [-0.2, 0) is 23.1 Å². The van der Waals surface area contributed by atoms with Gasteiger partial charge in [0.05, 0.1) is 6.54 Å². The van der Waals surface area contributed by atoms with Crippen molar-refractivity contribution in [1.82, 2.24) is 15.0 Å². The Labute approximate surface area is 118 Å². The van der Waals surface area contributed by atoms with Gasteiger partial charge in [0.25, 0.3) is 10.0 Å². The first-order valence-corrected chi connectivity index (χ1v) is 7.78. The molecule has 0 saturated carbocycles. The predicted molar refractivity (Wildman–Crippen MR) is 74.4 cm³/mol. The summed E-state index contributed by atoms with van der Waals surface area (Å²) in [7, 11) is -3.63. The number of hydrogen-bond donors (Lipinski definition) is 2. The van der Waals surface area contributed by atoms with Crippen LogP contribution in [0.5, 0.6) is 0 Å². The van der Waals surface area contributed by atoms with E-state index in [4.69, 9.17) is 4.42 Å². The Balaban J connectivity index is 2.01. The number of nitrogens with zero attached hydrogens (tertiary/aromatic N) is 1. The molecule has 2 aromatic heterocycles. The molecule has 108 valence electrons. The zero-order valence-electron chi connectivity index (χ0n) is 11.2. The van der Waals surface area contributed by atoms with Crippen molar-refractivity contribution in [2.24, 2.45) is 0 Å². The number of rotatable bonds is 7. The number of sulfonamides is 1. The third-order valence-electron chi connectivity index (χ3n) is 2.64. The maximum atomic E-state index is 12.0. The molecule has 0 bridgehead atoms. The monoisotopic (exact) mass is 295 g/mol. The highest BCUT2D eigenvalue weighted by Gasteiger charge is 2.18. The minimum Gasteiger partial charge on any atom is -0.447 e. The molecule has 2 heterocycles. The molecule has 0 saturated heterocycles. The van der Waals surface area contributed by atoms with E-state index in [1.54, 1.807) is 30.6 Å². The first-order valence-electron chi connectivity index (χ1n) is 6.30. The number of furan rings is 1. The molecular weight excluding hydrogens is 278 g/mol. The summed E-state index contributed by atoms with van der Waals surface area (Å²) in [6.07, 6.45) is 3.25. The average Bonchev–Trinajstić information content (AvgIpc) is 2.94. The van der Waals surface area contributed by atoms with Crippen LogP contribution in [0.3, 0.4) is 0 Å². The van der Waals surface area contributed by atoms with Gasteiger partial charge in [-0.1, -0.05) is 13.0 Å². The van der Waals surface area contributed by atoms with E-state index in [2.05, 4.69) is 15.0 Å². The van der Waals surface area contributed by atoms with Crippen molar-refractivity contribution in [3.8, 4) is 0 Å². The Morgan fingerprint density at radius 3 is 2.80 bits per heavy atom. The Morgan fingerprint density at radius 2 is 2.10 bits per heavy atom. The van der Waals surface area contributed by atoms with Gasteiger partial charge >= 0.3 is 0 Å². The molecule has 2 aromatic rings. The number of pyridine rings is 1. The molecule has 0 spiro atoms. The number of nitrogens with one attached hydrogen (secondary N) is 2. The fourth-order valence-corrected chi connectivity index (χ4v) is 2.56. The third kappa shape index (κ3) is 3.89. The van der Waals surface area contributed by atoms with Gasteiger partial charge in [0.1, 0.15) is 5.76 Å². The van der Waals surface area contributed by atoms with Gasteiger partial charge in [-0.2, -0.15) is 0 Å². The Bertz CT molecular complexity index is 638. The predicted octanol–water partition coefficient (Wildman–Crippen LogP) is 1.26. The maximum Gasteiger partial charge on any atom is 0.274 e. The lowest BCUT2D eigenvalue weighted by Gasteiger charge is -2.04. The first-order chi connectivity index (χ1) is 9.62.